The van der Waals surface area contributed by atoms with Crippen LogP contribution < -0.4 is 4.74 Å². The number of ether oxygens (including phenoxy) is 1. The minimum atomic E-state index is -1.01. The standard InChI is InChI=1S/C15H19BrO4/c1-9-10(16)8-11(20-2)13(17)12(9)15(14(18)19)6-4-3-5-7-15/h8,17H,3-7H2,1-2H3,(H,18,19). The van der Waals surface area contributed by atoms with Gasteiger partial charge in [0.1, 0.15) is 0 Å². The van der Waals surface area contributed by atoms with Gasteiger partial charge >= 0.3 is 5.97 Å². The number of carbonyl (C=O) groups is 1. The summed E-state index contributed by atoms with van der Waals surface area (Å²) in [6.07, 6.45) is 3.87. The van der Waals surface area contributed by atoms with Gasteiger partial charge < -0.3 is 14.9 Å². The van der Waals surface area contributed by atoms with Crippen molar-refractivity contribution in [2.75, 3.05) is 7.11 Å². The molecule has 0 saturated heterocycles. The van der Waals surface area contributed by atoms with Crippen LogP contribution in [0.4, 0.5) is 0 Å². The molecule has 5 heteroatoms. The fourth-order valence-electron chi connectivity index (χ4n) is 3.18. The van der Waals surface area contributed by atoms with Crippen LogP contribution in [0.1, 0.15) is 43.2 Å². The normalized spacial score (nSPS) is 17.8. The molecule has 0 amide bonds. The summed E-state index contributed by atoms with van der Waals surface area (Å²) < 4.78 is 5.92. The van der Waals surface area contributed by atoms with E-state index in [0.717, 1.165) is 29.3 Å². The van der Waals surface area contributed by atoms with E-state index >= 15 is 0 Å². The molecule has 0 bridgehead atoms. The monoisotopic (exact) mass is 342 g/mol. The molecule has 1 aromatic carbocycles. The number of aliphatic carboxylic acids is 1. The molecule has 0 spiro atoms. The Balaban J connectivity index is 2.70. The van der Waals surface area contributed by atoms with E-state index in [0.29, 0.717) is 24.2 Å². The first-order chi connectivity index (χ1) is 9.44. The number of aromatic hydroxyl groups is 1. The van der Waals surface area contributed by atoms with Crippen LogP contribution in [0.5, 0.6) is 11.5 Å². The van der Waals surface area contributed by atoms with E-state index in [1.54, 1.807) is 6.07 Å². The van der Waals surface area contributed by atoms with Gasteiger partial charge in [-0.3, -0.25) is 4.79 Å². The van der Waals surface area contributed by atoms with E-state index in [1.807, 2.05) is 6.92 Å². The molecular weight excluding hydrogens is 324 g/mol. The highest BCUT2D eigenvalue weighted by atomic mass is 79.9. The second-order valence-electron chi connectivity index (χ2n) is 5.36. The number of rotatable bonds is 3. The summed E-state index contributed by atoms with van der Waals surface area (Å²) in [6.45, 7) is 1.83. The molecular formula is C15H19BrO4. The molecule has 1 aliphatic rings. The van der Waals surface area contributed by atoms with Crippen molar-refractivity contribution in [1.82, 2.24) is 0 Å². The average molecular weight is 343 g/mol. The third-order valence-electron chi connectivity index (χ3n) is 4.28. The Bertz CT molecular complexity index is 533. The molecule has 110 valence electrons. The number of benzene rings is 1. The van der Waals surface area contributed by atoms with Gasteiger partial charge in [-0.1, -0.05) is 35.2 Å². The molecule has 1 aromatic rings. The molecule has 1 saturated carbocycles. The lowest BCUT2D eigenvalue weighted by Gasteiger charge is -2.35. The summed E-state index contributed by atoms with van der Waals surface area (Å²) in [5, 5.41) is 20.2. The third-order valence-corrected chi connectivity index (χ3v) is 5.10. The summed E-state index contributed by atoms with van der Waals surface area (Å²) in [7, 11) is 1.47. The topological polar surface area (TPSA) is 66.8 Å². The molecule has 0 heterocycles. The van der Waals surface area contributed by atoms with Crippen molar-refractivity contribution >= 4 is 21.9 Å². The van der Waals surface area contributed by atoms with Crippen LogP contribution in [0.25, 0.3) is 0 Å². The second-order valence-corrected chi connectivity index (χ2v) is 6.21. The van der Waals surface area contributed by atoms with Gasteiger partial charge in [0.2, 0.25) is 0 Å². The van der Waals surface area contributed by atoms with Gasteiger partial charge in [-0.25, -0.2) is 0 Å². The first-order valence-corrected chi connectivity index (χ1v) is 7.53. The van der Waals surface area contributed by atoms with Crippen molar-refractivity contribution in [2.24, 2.45) is 0 Å². The zero-order valence-corrected chi connectivity index (χ0v) is 13.3. The smallest absolute Gasteiger partial charge is 0.314 e. The highest BCUT2D eigenvalue weighted by Gasteiger charge is 2.45. The number of methoxy groups -OCH3 is 1. The Morgan fingerprint density at radius 1 is 1.35 bits per heavy atom. The highest BCUT2D eigenvalue weighted by Crippen LogP contribution is 2.49. The van der Waals surface area contributed by atoms with Gasteiger partial charge in [0.05, 0.1) is 12.5 Å². The van der Waals surface area contributed by atoms with Crippen molar-refractivity contribution in [1.29, 1.82) is 0 Å². The van der Waals surface area contributed by atoms with E-state index in [9.17, 15) is 15.0 Å². The Morgan fingerprint density at radius 3 is 2.45 bits per heavy atom. The van der Waals surface area contributed by atoms with Crippen molar-refractivity contribution in [3.05, 3.63) is 21.7 Å². The zero-order valence-electron chi connectivity index (χ0n) is 11.7. The van der Waals surface area contributed by atoms with E-state index in [2.05, 4.69) is 15.9 Å². The predicted octanol–water partition coefficient (Wildman–Crippen LogP) is 3.76. The third kappa shape index (κ3) is 2.28. The van der Waals surface area contributed by atoms with Crippen LogP contribution in [-0.4, -0.2) is 23.3 Å². The summed E-state index contributed by atoms with van der Waals surface area (Å²) >= 11 is 3.43. The van der Waals surface area contributed by atoms with E-state index in [-0.39, 0.29) is 5.75 Å². The molecule has 0 radical (unpaired) electrons. The lowest BCUT2D eigenvalue weighted by molar-refractivity contribution is -0.145. The van der Waals surface area contributed by atoms with Gasteiger partial charge in [-0.05, 0) is 31.4 Å². The predicted molar refractivity (Wildman–Crippen MR) is 79.5 cm³/mol. The van der Waals surface area contributed by atoms with Gasteiger partial charge in [-0.15, -0.1) is 0 Å². The molecule has 0 atom stereocenters. The average Bonchev–Trinajstić information content (AvgIpc) is 2.44. The molecule has 2 N–H and O–H groups in total. The van der Waals surface area contributed by atoms with Crippen LogP contribution in [-0.2, 0) is 10.2 Å². The maximum absolute atomic E-state index is 11.9. The minimum absolute atomic E-state index is 0.0440. The van der Waals surface area contributed by atoms with Crippen molar-refractivity contribution in [3.8, 4) is 11.5 Å². The Hall–Kier alpha value is -1.23. The Morgan fingerprint density at radius 2 is 1.95 bits per heavy atom. The fraction of sp³-hybridized carbons (Fsp3) is 0.533. The van der Waals surface area contributed by atoms with Crippen molar-refractivity contribution in [2.45, 2.75) is 44.4 Å². The van der Waals surface area contributed by atoms with Gasteiger partial charge in [-0.2, -0.15) is 0 Å². The molecule has 0 unspecified atom stereocenters. The van der Waals surface area contributed by atoms with Crippen molar-refractivity contribution in [3.63, 3.8) is 0 Å². The Labute approximate surface area is 126 Å². The second kappa shape index (κ2) is 5.64. The first-order valence-electron chi connectivity index (χ1n) is 6.74. The van der Waals surface area contributed by atoms with E-state index in [1.165, 1.54) is 7.11 Å². The Kier molecular flexibility index (Phi) is 4.28. The number of hydrogen-bond donors (Lipinski definition) is 2. The summed E-state index contributed by atoms with van der Waals surface area (Å²) in [4.78, 5) is 11.9. The first kappa shape index (κ1) is 15.2. The maximum atomic E-state index is 11.9. The van der Waals surface area contributed by atoms with Gasteiger partial charge in [0.15, 0.2) is 11.5 Å². The summed E-state index contributed by atoms with van der Waals surface area (Å²) in [5.41, 5.74) is 0.257. The van der Waals surface area contributed by atoms with Crippen LogP contribution in [0.15, 0.2) is 10.5 Å². The number of carboxylic acid groups (broad SMARTS) is 1. The highest BCUT2D eigenvalue weighted by molar-refractivity contribution is 9.10. The molecule has 2 rings (SSSR count). The van der Waals surface area contributed by atoms with E-state index < -0.39 is 11.4 Å². The molecule has 1 aliphatic carbocycles. The van der Waals surface area contributed by atoms with Gasteiger partial charge in [0, 0.05) is 10.0 Å². The molecule has 4 nitrogen and oxygen atoms in total. The molecule has 0 aromatic heterocycles. The van der Waals surface area contributed by atoms with E-state index in [4.69, 9.17) is 4.74 Å². The SMILES string of the molecule is COc1cc(Br)c(C)c(C2(C(=O)O)CCCCC2)c1O. The molecule has 0 aliphatic heterocycles. The molecule has 20 heavy (non-hydrogen) atoms. The summed E-state index contributed by atoms with van der Waals surface area (Å²) in [5.74, 6) is -0.600. The van der Waals surface area contributed by atoms with Crippen LogP contribution in [0.3, 0.4) is 0 Å². The van der Waals surface area contributed by atoms with Crippen LogP contribution >= 0.6 is 15.9 Å². The lowest BCUT2D eigenvalue weighted by Crippen LogP contribution is -2.38. The lowest BCUT2D eigenvalue weighted by atomic mass is 9.68. The number of phenolic OH excluding ortho intramolecular Hbond substituents is 1. The quantitative estimate of drug-likeness (QED) is 0.877. The number of carboxylic acids is 1. The summed E-state index contributed by atoms with van der Waals surface area (Å²) in [6, 6.07) is 1.67. The zero-order chi connectivity index (χ0) is 14.9. The van der Waals surface area contributed by atoms with Crippen molar-refractivity contribution < 1.29 is 19.7 Å². The fourth-order valence-corrected chi connectivity index (χ4v) is 3.59. The molecule has 1 fully saturated rings. The van der Waals surface area contributed by atoms with Crippen LogP contribution in [0, 0.1) is 6.92 Å². The number of halogens is 1. The number of hydrogen-bond acceptors (Lipinski definition) is 3. The minimum Gasteiger partial charge on any atom is -0.504 e. The van der Waals surface area contributed by atoms with Gasteiger partial charge in [0.25, 0.3) is 0 Å². The van der Waals surface area contributed by atoms with Crippen LogP contribution in [0.2, 0.25) is 0 Å². The maximum Gasteiger partial charge on any atom is 0.314 e. The number of phenols is 1. The largest absolute Gasteiger partial charge is 0.504 e.